The second kappa shape index (κ2) is 6.81. The van der Waals surface area contributed by atoms with Gasteiger partial charge in [0.05, 0.1) is 0 Å². The third-order valence-electron chi connectivity index (χ3n) is 4.05. The summed E-state index contributed by atoms with van der Waals surface area (Å²) in [5.74, 6) is 0.766. The van der Waals surface area contributed by atoms with E-state index in [0.717, 1.165) is 41.7 Å². The van der Waals surface area contributed by atoms with Gasteiger partial charge in [0.25, 0.3) is 0 Å². The fourth-order valence-electron chi connectivity index (χ4n) is 2.90. The maximum absolute atomic E-state index is 9.16. The highest BCUT2D eigenvalue weighted by Gasteiger charge is 2.18. The Hall–Kier alpha value is -3.04. The van der Waals surface area contributed by atoms with Crippen molar-refractivity contribution < 1.29 is 4.74 Å². The third-order valence-corrected chi connectivity index (χ3v) is 4.05. The van der Waals surface area contributed by atoms with E-state index in [4.69, 9.17) is 15.3 Å². The molecular formula is C20H16N2O. The lowest BCUT2D eigenvalue weighted by Crippen LogP contribution is -2.05. The van der Waals surface area contributed by atoms with Crippen molar-refractivity contribution >= 4 is 5.57 Å². The third kappa shape index (κ3) is 3.25. The summed E-state index contributed by atoms with van der Waals surface area (Å²) in [7, 11) is 0. The van der Waals surface area contributed by atoms with Gasteiger partial charge in [-0.3, -0.25) is 0 Å². The molecule has 0 saturated heterocycles. The number of nitriles is 2. The first-order valence-corrected chi connectivity index (χ1v) is 7.65. The Kier molecular flexibility index (Phi) is 4.41. The van der Waals surface area contributed by atoms with Gasteiger partial charge in [0, 0.05) is 0 Å². The molecule has 0 saturated carbocycles. The number of rotatable bonds is 3. The van der Waals surface area contributed by atoms with Crippen molar-refractivity contribution in [2.24, 2.45) is 0 Å². The highest BCUT2D eigenvalue weighted by atomic mass is 16.5. The molecule has 112 valence electrons. The fraction of sp³-hybridized carbons (Fsp3) is 0.200. The predicted molar refractivity (Wildman–Crippen MR) is 88.3 cm³/mol. The van der Waals surface area contributed by atoms with Gasteiger partial charge in [-0.15, -0.1) is 0 Å². The van der Waals surface area contributed by atoms with Crippen LogP contribution in [-0.4, -0.2) is 0 Å². The van der Waals surface area contributed by atoms with E-state index in [2.05, 4.69) is 0 Å². The van der Waals surface area contributed by atoms with Crippen LogP contribution in [0, 0.1) is 22.7 Å². The molecule has 2 aromatic rings. The zero-order chi connectivity index (χ0) is 16.1. The second-order valence-corrected chi connectivity index (χ2v) is 5.52. The molecule has 0 heterocycles. The fourth-order valence-corrected chi connectivity index (χ4v) is 2.90. The van der Waals surface area contributed by atoms with Crippen molar-refractivity contribution in [1.29, 1.82) is 10.5 Å². The van der Waals surface area contributed by atoms with Crippen LogP contribution in [0.3, 0.4) is 0 Å². The Morgan fingerprint density at radius 2 is 1.78 bits per heavy atom. The Morgan fingerprint density at radius 3 is 2.52 bits per heavy atom. The molecule has 0 aromatic heterocycles. The molecule has 0 atom stereocenters. The van der Waals surface area contributed by atoms with Gasteiger partial charge in [0.15, 0.2) is 0 Å². The highest BCUT2D eigenvalue weighted by molar-refractivity contribution is 5.78. The molecule has 0 amide bonds. The second-order valence-electron chi connectivity index (χ2n) is 5.52. The van der Waals surface area contributed by atoms with E-state index in [0.29, 0.717) is 6.61 Å². The zero-order valence-corrected chi connectivity index (χ0v) is 12.7. The standard InChI is InChI=1S/C20H16N2O/c21-12-17(13-22)19-8-4-7-16-9-10-18(11-20(16)19)23-14-15-5-2-1-3-6-15/h1-3,5-6,9-11H,4,7-8,14H2. The van der Waals surface area contributed by atoms with Gasteiger partial charge in [-0.2, -0.15) is 10.5 Å². The first-order valence-electron chi connectivity index (χ1n) is 7.65. The highest BCUT2D eigenvalue weighted by Crippen LogP contribution is 2.35. The number of nitrogens with zero attached hydrogens (tertiary/aromatic N) is 2. The van der Waals surface area contributed by atoms with Crippen LogP contribution >= 0.6 is 0 Å². The van der Waals surface area contributed by atoms with Crippen molar-refractivity contribution in [3.8, 4) is 17.9 Å². The van der Waals surface area contributed by atoms with Gasteiger partial charge in [0.2, 0.25) is 0 Å². The van der Waals surface area contributed by atoms with Crippen LogP contribution in [0.25, 0.3) is 5.57 Å². The number of hydrogen-bond donors (Lipinski definition) is 0. The van der Waals surface area contributed by atoms with Gasteiger partial charge in [-0.1, -0.05) is 36.4 Å². The van der Waals surface area contributed by atoms with E-state index >= 15 is 0 Å². The number of allylic oxidation sites excluding steroid dienone is 2. The molecule has 3 heteroatoms. The molecule has 0 unspecified atom stereocenters. The molecule has 3 nitrogen and oxygen atoms in total. The molecule has 0 radical (unpaired) electrons. The van der Waals surface area contributed by atoms with Gasteiger partial charge in [0.1, 0.15) is 30.1 Å². The van der Waals surface area contributed by atoms with Crippen molar-refractivity contribution in [3.05, 3.63) is 70.8 Å². The van der Waals surface area contributed by atoms with E-state index in [1.807, 2.05) is 60.7 Å². The molecule has 0 bridgehead atoms. The summed E-state index contributed by atoms with van der Waals surface area (Å²) in [6.07, 6.45) is 2.72. The summed E-state index contributed by atoms with van der Waals surface area (Å²) in [6.45, 7) is 0.502. The lowest BCUT2D eigenvalue weighted by molar-refractivity contribution is 0.306. The minimum absolute atomic E-state index is 0.214. The van der Waals surface area contributed by atoms with Crippen molar-refractivity contribution in [3.63, 3.8) is 0 Å². The van der Waals surface area contributed by atoms with Crippen LogP contribution in [0.15, 0.2) is 54.1 Å². The van der Waals surface area contributed by atoms with Crippen LogP contribution < -0.4 is 4.74 Å². The van der Waals surface area contributed by atoms with E-state index in [-0.39, 0.29) is 5.57 Å². The Labute approximate surface area is 136 Å². The van der Waals surface area contributed by atoms with Crippen LogP contribution in [0.1, 0.15) is 29.5 Å². The van der Waals surface area contributed by atoms with E-state index in [1.165, 1.54) is 5.56 Å². The smallest absolute Gasteiger partial charge is 0.133 e. The van der Waals surface area contributed by atoms with Crippen molar-refractivity contribution in [2.75, 3.05) is 0 Å². The van der Waals surface area contributed by atoms with Crippen LogP contribution in [0.4, 0.5) is 0 Å². The SMILES string of the molecule is N#CC(C#N)=C1CCCc2ccc(OCc3ccccc3)cc21. The summed E-state index contributed by atoms with van der Waals surface area (Å²) in [5, 5.41) is 18.3. The van der Waals surface area contributed by atoms with Gasteiger partial charge in [-0.05, 0) is 53.7 Å². The number of fused-ring (bicyclic) bond motifs is 1. The van der Waals surface area contributed by atoms with Crippen LogP contribution in [0.5, 0.6) is 5.75 Å². The number of benzene rings is 2. The minimum atomic E-state index is 0.214. The number of hydrogen-bond acceptors (Lipinski definition) is 3. The Bertz CT molecular complexity index is 807. The van der Waals surface area contributed by atoms with E-state index in [9.17, 15) is 0 Å². The molecule has 0 fully saturated rings. The Morgan fingerprint density at radius 1 is 1.00 bits per heavy atom. The van der Waals surface area contributed by atoms with Crippen LogP contribution in [-0.2, 0) is 13.0 Å². The molecule has 23 heavy (non-hydrogen) atoms. The van der Waals surface area contributed by atoms with Gasteiger partial charge in [-0.25, -0.2) is 0 Å². The van der Waals surface area contributed by atoms with Crippen molar-refractivity contribution in [2.45, 2.75) is 25.9 Å². The quantitative estimate of drug-likeness (QED) is 0.789. The van der Waals surface area contributed by atoms with Crippen LogP contribution in [0.2, 0.25) is 0 Å². The topological polar surface area (TPSA) is 56.8 Å². The number of aryl methyl sites for hydroxylation is 1. The maximum Gasteiger partial charge on any atom is 0.133 e. The maximum atomic E-state index is 9.16. The number of ether oxygens (including phenoxy) is 1. The predicted octanol–water partition coefficient (Wildman–Crippen LogP) is 4.40. The molecule has 0 spiro atoms. The summed E-state index contributed by atoms with van der Waals surface area (Å²) in [4.78, 5) is 0. The summed E-state index contributed by atoms with van der Waals surface area (Å²) < 4.78 is 5.87. The molecule has 0 aliphatic heterocycles. The normalized spacial score (nSPS) is 12.7. The molecule has 3 rings (SSSR count). The lowest BCUT2D eigenvalue weighted by atomic mass is 9.85. The monoisotopic (exact) mass is 300 g/mol. The Balaban J connectivity index is 1.89. The molecule has 1 aliphatic rings. The van der Waals surface area contributed by atoms with E-state index in [1.54, 1.807) is 0 Å². The van der Waals surface area contributed by atoms with Gasteiger partial charge < -0.3 is 4.74 Å². The van der Waals surface area contributed by atoms with E-state index < -0.39 is 0 Å². The lowest BCUT2D eigenvalue weighted by Gasteiger charge is -2.20. The van der Waals surface area contributed by atoms with Crippen molar-refractivity contribution in [1.82, 2.24) is 0 Å². The molecule has 2 aromatic carbocycles. The minimum Gasteiger partial charge on any atom is -0.489 e. The van der Waals surface area contributed by atoms with Gasteiger partial charge >= 0.3 is 0 Å². The molecular weight excluding hydrogens is 284 g/mol. The molecule has 0 N–H and O–H groups in total. The first-order chi connectivity index (χ1) is 11.3. The summed E-state index contributed by atoms with van der Waals surface area (Å²) in [6, 6.07) is 20.0. The molecule has 1 aliphatic carbocycles. The zero-order valence-electron chi connectivity index (χ0n) is 12.7. The first kappa shape index (κ1) is 14.9. The largest absolute Gasteiger partial charge is 0.489 e. The summed E-state index contributed by atoms with van der Waals surface area (Å²) >= 11 is 0. The summed E-state index contributed by atoms with van der Waals surface area (Å²) in [5.41, 5.74) is 4.34. The average molecular weight is 300 g/mol. The average Bonchev–Trinajstić information content (AvgIpc) is 2.62.